The van der Waals surface area contributed by atoms with Crippen LogP contribution in [0.4, 0.5) is 0 Å². The summed E-state index contributed by atoms with van der Waals surface area (Å²) in [4.78, 5) is 35.7. The van der Waals surface area contributed by atoms with Crippen molar-refractivity contribution in [1.82, 2.24) is 0 Å². The number of carbonyl (C=O) groups excluding carboxylic acids is 3. The van der Waals surface area contributed by atoms with Gasteiger partial charge in [-0.1, -0.05) is 30.3 Å². The van der Waals surface area contributed by atoms with E-state index in [9.17, 15) is 14.4 Å². The largest absolute Gasteiger partial charge is 0.465 e. The molecule has 0 aliphatic rings. The van der Waals surface area contributed by atoms with Crippen LogP contribution in [-0.4, -0.2) is 38.2 Å². The Bertz CT molecular complexity index is 643. The number of rotatable bonds is 7. The molecule has 1 aromatic rings. The van der Waals surface area contributed by atoms with Crippen molar-refractivity contribution in [3.05, 3.63) is 53.6 Å². The molecule has 0 saturated heterocycles. The summed E-state index contributed by atoms with van der Waals surface area (Å²) < 4.78 is 14.5. The molecule has 0 aromatic heterocycles. The topological polar surface area (TPSA) is 78.9 Å². The fraction of sp³-hybridized carbons (Fsp3) is 0.278. The van der Waals surface area contributed by atoms with E-state index in [0.717, 1.165) is 12.2 Å². The SMILES string of the molecule is CCOC(=O)/C=C(C(=O)OC)/C(=C/C(=O)OCC)c1ccccc1. The van der Waals surface area contributed by atoms with E-state index in [0.29, 0.717) is 5.56 Å². The van der Waals surface area contributed by atoms with Crippen LogP contribution in [0.2, 0.25) is 0 Å². The third-order valence-electron chi connectivity index (χ3n) is 2.88. The Morgan fingerprint density at radius 1 is 0.917 bits per heavy atom. The third-order valence-corrected chi connectivity index (χ3v) is 2.88. The maximum Gasteiger partial charge on any atom is 0.338 e. The summed E-state index contributed by atoms with van der Waals surface area (Å²) >= 11 is 0. The minimum absolute atomic E-state index is 0.0878. The molecule has 1 rings (SSSR count). The molecule has 1 aromatic carbocycles. The van der Waals surface area contributed by atoms with Gasteiger partial charge in [-0.05, 0) is 19.4 Å². The maximum atomic E-state index is 12.1. The molecule has 0 N–H and O–H groups in total. The summed E-state index contributed by atoms with van der Waals surface area (Å²) in [5.41, 5.74) is 0.690. The fourth-order valence-electron chi connectivity index (χ4n) is 1.89. The molecule has 0 heterocycles. The van der Waals surface area contributed by atoms with Crippen molar-refractivity contribution < 1.29 is 28.6 Å². The predicted molar refractivity (Wildman–Crippen MR) is 87.8 cm³/mol. The first-order chi connectivity index (χ1) is 11.5. The van der Waals surface area contributed by atoms with Crippen LogP contribution in [0.25, 0.3) is 5.57 Å². The monoisotopic (exact) mass is 332 g/mol. The molecule has 0 radical (unpaired) electrons. The Kier molecular flexibility index (Phi) is 7.98. The minimum Gasteiger partial charge on any atom is -0.465 e. The van der Waals surface area contributed by atoms with Crippen LogP contribution in [-0.2, 0) is 28.6 Å². The Morgan fingerprint density at radius 2 is 1.46 bits per heavy atom. The third kappa shape index (κ3) is 5.72. The van der Waals surface area contributed by atoms with Crippen LogP contribution >= 0.6 is 0 Å². The van der Waals surface area contributed by atoms with Crippen LogP contribution in [0.3, 0.4) is 0 Å². The summed E-state index contributed by atoms with van der Waals surface area (Å²) in [7, 11) is 1.19. The van der Waals surface area contributed by atoms with Gasteiger partial charge in [-0.15, -0.1) is 0 Å². The van der Waals surface area contributed by atoms with Crippen molar-refractivity contribution in [2.45, 2.75) is 13.8 Å². The molecule has 6 nitrogen and oxygen atoms in total. The summed E-state index contributed by atoms with van der Waals surface area (Å²) in [6.07, 6.45) is 2.16. The molecular formula is C18H20O6. The average Bonchev–Trinajstić information content (AvgIpc) is 2.58. The van der Waals surface area contributed by atoms with Crippen molar-refractivity contribution in [3.63, 3.8) is 0 Å². The lowest BCUT2D eigenvalue weighted by molar-refractivity contribution is -0.139. The number of ether oxygens (including phenoxy) is 3. The van der Waals surface area contributed by atoms with E-state index >= 15 is 0 Å². The lowest BCUT2D eigenvalue weighted by atomic mass is 9.97. The molecule has 0 saturated carbocycles. The van der Waals surface area contributed by atoms with Gasteiger partial charge in [-0.3, -0.25) is 0 Å². The summed E-state index contributed by atoms with van der Waals surface area (Å²) in [5.74, 6) is -2.10. The van der Waals surface area contributed by atoms with E-state index in [4.69, 9.17) is 14.2 Å². The Labute approximate surface area is 140 Å². The molecule has 128 valence electrons. The fourth-order valence-corrected chi connectivity index (χ4v) is 1.89. The van der Waals surface area contributed by atoms with Gasteiger partial charge in [0.05, 0.1) is 25.9 Å². The number of benzene rings is 1. The highest BCUT2D eigenvalue weighted by Gasteiger charge is 2.20. The van der Waals surface area contributed by atoms with Gasteiger partial charge in [0.25, 0.3) is 0 Å². The zero-order valence-electron chi connectivity index (χ0n) is 13.9. The molecule has 0 atom stereocenters. The van der Waals surface area contributed by atoms with Crippen LogP contribution in [0.1, 0.15) is 19.4 Å². The second kappa shape index (κ2) is 9.99. The quantitative estimate of drug-likeness (QED) is 0.330. The van der Waals surface area contributed by atoms with Crippen molar-refractivity contribution in [3.8, 4) is 0 Å². The number of hydrogen-bond acceptors (Lipinski definition) is 6. The first kappa shape index (κ1) is 19.2. The van der Waals surface area contributed by atoms with Crippen molar-refractivity contribution in [1.29, 1.82) is 0 Å². The van der Waals surface area contributed by atoms with Gasteiger partial charge < -0.3 is 14.2 Å². The maximum absolute atomic E-state index is 12.1. The van der Waals surface area contributed by atoms with Gasteiger partial charge in [-0.2, -0.15) is 0 Å². The summed E-state index contributed by atoms with van der Waals surface area (Å²) in [6, 6.07) is 8.68. The van der Waals surface area contributed by atoms with Crippen LogP contribution in [0, 0.1) is 0 Å². The Morgan fingerprint density at radius 3 is 1.96 bits per heavy atom. The minimum atomic E-state index is -0.762. The second-order valence-electron chi connectivity index (χ2n) is 4.48. The zero-order valence-corrected chi connectivity index (χ0v) is 13.9. The molecule has 0 spiro atoms. The normalized spacial score (nSPS) is 11.6. The van der Waals surface area contributed by atoms with Gasteiger partial charge in [-0.25, -0.2) is 14.4 Å². The van der Waals surface area contributed by atoms with Gasteiger partial charge in [0.1, 0.15) is 0 Å². The zero-order chi connectivity index (χ0) is 17.9. The van der Waals surface area contributed by atoms with Gasteiger partial charge in [0.15, 0.2) is 0 Å². The predicted octanol–water partition coefficient (Wildman–Crippen LogP) is 2.30. The number of esters is 3. The number of carbonyl (C=O) groups is 3. The first-order valence-electron chi connectivity index (χ1n) is 7.44. The highest BCUT2D eigenvalue weighted by atomic mass is 16.5. The average molecular weight is 332 g/mol. The molecule has 0 amide bonds. The molecular weight excluding hydrogens is 312 g/mol. The molecule has 6 heteroatoms. The Balaban J connectivity index is 3.43. The first-order valence-corrected chi connectivity index (χ1v) is 7.44. The van der Waals surface area contributed by atoms with Crippen LogP contribution < -0.4 is 0 Å². The van der Waals surface area contributed by atoms with E-state index in [-0.39, 0.29) is 24.4 Å². The molecule has 0 unspecified atom stereocenters. The molecule has 0 bridgehead atoms. The molecule has 0 fully saturated rings. The van der Waals surface area contributed by atoms with Gasteiger partial charge >= 0.3 is 17.9 Å². The summed E-state index contributed by atoms with van der Waals surface area (Å²) in [5, 5.41) is 0. The van der Waals surface area contributed by atoms with E-state index < -0.39 is 17.9 Å². The standard InChI is InChI=1S/C18H20O6/c1-4-23-16(19)11-14(13-9-7-6-8-10-13)15(18(21)22-3)12-17(20)24-5-2/h6-12H,4-5H2,1-3H3/b14-11+,15-12-. The summed E-state index contributed by atoms with van der Waals surface area (Å²) in [6.45, 7) is 3.66. The molecule has 0 aliphatic carbocycles. The van der Waals surface area contributed by atoms with E-state index in [2.05, 4.69) is 0 Å². The van der Waals surface area contributed by atoms with Crippen LogP contribution in [0.5, 0.6) is 0 Å². The van der Waals surface area contributed by atoms with Gasteiger partial charge in [0.2, 0.25) is 0 Å². The lowest BCUT2D eigenvalue weighted by Gasteiger charge is -2.11. The van der Waals surface area contributed by atoms with Crippen molar-refractivity contribution in [2.24, 2.45) is 0 Å². The Hall–Kier alpha value is -2.89. The number of hydrogen-bond donors (Lipinski definition) is 0. The van der Waals surface area contributed by atoms with Crippen molar-refractivity contribution in [2.75, 3.05) is 20.3 Å². The van der Waals surface area contributed by atoms with E-state index in [1.807, 2.05) is 0 Å². The van der Waals surface area contributed by atoms with Crippen molar-refractivity contribution >= 4 is 23.5 Å². The van der Waals surface area contributed by atoms with E-state index in [1.165, 1.54) is 7.11 Å². The van der Waals surface area contributed by atoms with Gasteiger partial charge in [0, 0.05) is 17.7 Å². The smallest absolute Gasteiger partial charge is 0.338 e. The molecule has 0 aliphatic heterocycles. The molecule has 24 heavy (non-hydrogen) atoms. The lowest BCUT2D eigenvalue weighted by Crippen LogP contribution is -2.12. The second-order valence-corrected chi connectivity index (χ2v) is 4.48. The highest BCUT2D eigenvalue weighted by Crippen LogP contribution is 2.24. The highest BCUT2D eigenvalue weighted by molar-refractivity contribution is 6.13. The van der Waals surface area contributed by atoms with Crippen LogP contribution in [0.15, 0.2) is 48.1 Å². The van der Waals surface area contributed by atoms with E-state index in [1.54, 1.807) is 44.2 Å². The number of methoxy groups -OCH3 is 1.